The molecular weight excluding hydrogens is 240 g/mol. The lowest BCUT2D eigenvalue weighted by Crippen LogP contribution is -2.10. The molecule has 3 N–H and O–H groups in total. The van der Waals surface area contributed by atoms with Crippen LogP contribution in [-0.4, -0.2) is 15.5 Å². The molecule has 0 unspecified atom stereocenters. The molecular formula is C14H12N4O. The van der Waals surface area contributed by atoms with Crippen LogP contribution in [0.2, 0.25) is 0 Å². The van der Waals surface area contributed by atoms with Crippen LogP contribution in [0.4, 0.5) is 11.5 Å². The highest BCUT2D eigenvalue weighted by Gasteiger charge is 2.05. The largest absolute Gasteiger partial charge is 0.366 e. The number of fused-ring (bicyclic) bond motifs is 1. The lowest BCUT2D eigenvalue weighted by atomic mass is 10.2. The standard InChI is InChI=1S/C14H12N4O/c15-14(19)10-6-7-18-12(8-10)9-13(17-18)16-11-4-2-1-3-5-11/h1-9H,(H2,15,19)(H,16,17). The lowest BCUT2D eigenvalue weighted by molar-refractivity contribution is 0.100. The Bertz CT molecular complexity index is 734. The van der Waals surface area contributed by atoms with Crippen LogP contribution in [0.15, 0.2) is 54.7 Å². The zero-order valence-corrected chi connectivity index (χ0v) is 10.1. The molecule has 0 bridgehead atoms. The van der Waals surface area contributed by atoms with E-state index in [1.54, 1.807) is 22.8 Å². The molecule has 0 aliphatic carbocycles. The van der Waals surface area contributed by atoms with Crippen molar-refractivity contribution in [3.63, 3.8) is 0 Å². The molecule has 2 aromatic heterocycles. The predicted molar refractivity (Wildman–Crippen MR) is 73.4 cm³/mol. The van der Waals surface area contributed by atoms with Crippen LogP contribution < -0.4 is 11.1 Å². The molecule has 5 heteroatoms. The van der Waals surface area contributed by atoms with Gasteiger partial charge in [0.05, 0.1) is 5.52 Å². The number of hydrogen-bond donors (Lipinski definition) is 2. The maximum absolute atomic E-state index is 11.1. The second-order valence-corrected chi connectivity index (χ2v) is 4.17. The highest BCUT2D eigenvalue weighted by Crippen LogP contribution is 2.17. The number of nitrogens with one attached hydrogen (secondary N) is 1. The highest BCUT2D eigenvalue weighted by molar-refractivity contribution is 5.94. The van der Waals surface area contributed by atoms with Crippen LogP contribution in [0, 0.1) is 0 Å². The van der Waals surface area contributed by atoms with Crippen molar-refractivity contribution in [3.05, 3.63) is 60.3 Å². The first-order valence-electron chi connectivity index (χ1n) is 5.84. The number of nitrogens with zero attached hydrogens (tertiary/aromatic N) is 2. The summed E-state index contributed by atoms with van der Waals surface area (Å²) in [6.07, 6.45) is 1.71. The number of primary amides is 1. The van der Waals surface area contributed by atoms with Gasteiger partial charge in [-0.25, -0.2) is 4.52 Å². The van der Waals surface area contributed by atoms with Gasteiger partial charge in [-0.05, 0) is 24.3 Å². The van der Waals surface area contributed by atoms with Crippen molar-refractivity contribution < 1.29 is 4.79 Å². The van der Waals surface area contributed by atoms with Gasteiger partial charge in [0.2, 0.25) is 5.91 Å². The summed E-state index contributed by atoms with van der Waals surface area (Å²) in [5.74, 6) is 0.272. The first-order valence-corrected chi connectivity index (χ1v) is 5.84. The summed E-state index contributed by atoms with van der Waals surface area (Å²) in [6.45, 7) is 0. The van der Waals surface area contributed by atoms with E-state index in [0.717, 1.165) is 11.2 Å². The molecule has 1 amide bonds. The Kier molecular flexibility index (Phi) is 2.64. The molecule has 0 spiro atoms. The molecule has 5 nitrogen and oxygen atoms in total. The molecule has 2 heterocycles. The highest BCUT2D eigenvalue weighted by atomic mass is 16.1. The lowest BCUT2D eigenvalue weighted by Gasteiger charge is -2.00. The first-order chi connectivity index (χ1) is 9.22. The summed E-state index contributed by atoms with van der Waals surface area (Å²) < 4.78 is 1.69. The van der Waals surface area contributed by atoms with Gasteiger partial charge in [-0.3, -0.25) is 4.79 Å². The molecule has 0 aliphatic heterocycles. The van der Waals surface area contributed by atoms with Gasteiger partial charge in [0.15, 0.2) is 5.82 Å². The SMILES string of the molecule is NC(=O)c1ccn2nc(Nc3ccccc3)cc2c1. The average molecular weight is 252 g/mol. The molecule has 1 aromatic carbocycles. The van der Waals surface area contributed by atoms with Crippen molar-refractivity contribution in [3.8, 4) is 0 Å². The van der Waals surface area contributed by atoms with Gasteiger partial charge in [-0.2, -0.15) is 5.10 Å². The Morgan fingerprint density at radius 1 is 1.16 bits per heavy atom. The quantitative estimate of drug-likeness (QED) is 0.750. The number of carbonyl (C=O) groups is 1. The van der Waals surface area contributed by atoms with E-state index in [1.807, 2.05) is 36.4 Å². The maximum atomic E-state index is 11.1. The fourth-order valence-corrected chi connectivity index (χ4v) is 1.88. The normalized spacial score (nSPS) is 10.5. The average Bonchev–Trinajstić information content (AvgIpc) is 2.80. The van der Waals surface area contributed by atoms with Gasteiger partial charge in [0.1, 0.15) is 0 Å². The minimum absolute atomic E-state index is 0.443. The Morgan fingerprint density at radius 3 is 2.68 bits per heavy atom. The van der Waals surface area contributed by atoms with Crippen LogP contribution in [0.25, 0.3) is 5.52 Å². The van der Waals surface area contributed by atoms with Crippen LogP contribution >= 0.6 is 0 Å². The van der Waals surface area contributed by atoms with Crippen molar-refractivity contribution in [2.45, 2.75) is 0 Å². The van der Waals surface area contributed by atoms with Gasteiger partial charge in [0.25, 0.3) is 0 Å². The molecule has 0 radical (unpaired) electrons. The number of pyridine rings is 1. The third-order valence-electron chi connectivity index (χ3n) is 2.79. The maximum Gasteiger partial charge on any atom is 0.248 e. The predicted octanol–water partition coefficient (Wildman–Crippen LogP) is 2.18. The van der Waals surface area contributed by atoms with Gasteiger partial charge < -0.3 is 11.1 Å². The second kappa shape index (κ2) is 4.45. The molecule has 3 aromatic rings. The molecule has 0 fully saturated rings. The number of aromatic nitrogens is 2. The Morgan fingerprint density at radius 2 is 1.95 bits per heavy atom. The number of rotatable bonds is 3. The smallest absolute Gasteiger partial charge is 0.248 e. The summed E-state index contributed by atoms with van der Waals surface area (Å²) in [5, 5.41) is 7.56. The Balaban J connectivity index is 1.95. The Hall–Kier alpha value is -2.82. The fraction of sp³-hybridized carbons (Fsp3) is 0. The van der Waals surface area contributed by atoms with Crippen LogP contribution in [0.1, 0.15) is 10.4 Å². The topological polar surface area (TPSA) is 72.4 Å². The third-order valence-corrected chi connectivity index (χ3v) is 2.79. The molecule has 0 atom stereocenters. The molecule has 19 heavy (non-hydrogen) atoms. The third kappa shape index (κ3) is 2.26. The van der Waals surface area contributed by atoms with E-state index in [4.69, 9.17) is 5.73 Å². The number of hydrogen-bond acceptors (Lipinski definition) is 3. The zero-order chi connectivity index (χ0) is 13.2. The zero-order valence-electron chi connectivity index (χ0n) is 10.1. The molecule has 3 rings (SSSR count). The van der Waals surface area contributed by atoms with Crippen molar-refractivity contribution in [2.24, 2.45) is 5.73 Å². The van der Waals surface area contributed by atoms with Crippen LogP contribution in [-0.2, 0) is 0 Å². The molecule has 94 valence electrons. The Labute approximate surface area is 109 Å². The number of carbonyl (C=O) groups excluding carboxylic acids is 1. The van der Waals surface area contributed by atoms with E-state index in [-0.39, 0.29) is 0 Å². The number of amides is 1. The van der Waals surface area contributed by atoms with E-state index in [0.29, 0.717) is 11.4 Å². The van der Waals surface area contributed by atoms with E-state index in [9.17, 15) is 4.79 Å². The minimum Gasteiger partial charge on any atom is -0.366 e. The van der Waals surface area contributed by atoms with E-state index < -0.39 is 5.91 Å². The molecule has 0 saturated carbocycles. The minimum atomic E-state index is -0.443. The summed E-state index contributed by atoms with van der Waals surface area (Å²) in [5.41, 5.74) is 7.50. The van der Waals surface area contributed by atoms with Gasteiger partial charge in [-0.1, -0.05) is 18.2 Å². The molecule has 0 saturated heterocycles. The number of benzene rings is 1. The van der Waals surface area contributed by atoms with Crippen molar-refractivity contribution in [1.82, 2.24) is 9.61 Å². The fourth-order valence-electron chi connectivity index (χ4n) is 1.88. The van der Waals surface area contributed by atoms with Gasteiger partial charge in [0, 0.05) is 23.5 Å². The summed E-state index contributed by atoms with van der Waals surface area (Å²) >= 11 is 0. The van der Waals surface area contributed by atoms with Crippen LogP contribution in [0.5, 0.6) is 0 Å². The van der Waals surface area contributed by atoms with Crippen molar-refractivity contribution in [1.29, 1.82) is 0 Å². The summed E-state index contributed by atoms with van der Waals surface area (Å²) in [4.78, 5) is 11.1. The van der Waals surface area contributed by atoms with Crippen LogP contribution in [0.3, 0.4) is 0 Å². The van der Waals surface area contributed by atoms with E-state index in [1.165, 1.54) is 0 Å². The molecule has 0 aliphatic rings. The summed E-state index contributed by atoms with van der Waals surface area (Å²) in [6, 6.07) is 15.0. The number of anilines is 2. The van der Waals surface area contributed by atoms with E-state index >= 15 is 0 Å². The second-order valence-electron chi connectivity index (χ2n) is 4.17. The summed E-state index contributed by atoms with van der Waals surface area (Å²) in [7, 11) is 0. The van der Waals surface area contributed by atoms with Crippen molar-refractivity contribution in [2.75, 3.05) is 5.32 Å². The van der Waals surface area contributed by atoms with Crippen molar-refractivity contribution >= 4 is 22.9 Å². The number of nitrogens with two attached hydrogens (primary N) is 1. The van der Waals surface area contributed by atoms with Gasteiger partial charge >= 0.3 is 0 Å². The first kappa shape index (κ1) is 11.3. The monoisotopic (exact) mass is 252 g/mol. The van der Waals surface area contributed by atoms with Gasteiger partial charge in [-0.15, -0.1) is 0 Å². The van der Waals surface area contributed by atoms with E-state index in [2.05, 4.69) is 10.4 Å². The number of para-hydroxylation sites is 1.